The second-order valence-electron chi connectivity index (χ2n) is 9.36. The molecule has 2 aromatic heterocycles. The van der Waals surface area contributed by atoms with Crippen molar-refractivity contribution in [1.29, 1.82) is 0 Å². The lowest BCUT2D eigenvalue weighted by Gasteiger charge is -2.13. The molecule has 9 heteroatoms. The fourth-order valence-corrected chi connectivity index (χ4v) is 4.05. The maximum atomic E-state index is 13.5. The molecule has 1 atom stereocenters. The highest BCUT2D eigenvalue weighted by atomic mass is 35.5. The molecule has 0 aliphatic carbocycles. The minimum Gasteiger partial charge on any atom is -0.350 e. The maximum Gasteiger partial charge on any atom is 0.352 e. The quantitative estimate of drug-likeness (QED) is 0.398. The van der Waals surface area contributed by atoms with Crippen LogP contribution >= 0.6 is 11.6 Å². The van der Waals surface area contributed by atoms with Crippen molar-refractivity contribution >= 4 is 34.2 Å². The molecule has 0 unspecified atom stereocenters. The van der Waals surface area contributed by atoms with Gasteiger partial charge in [0, 0.05) is 23.2 Å². The van der Waals surface area contributed by atoms with Crippen LogP contribution in [-0.2, 0) is 13.1 Å². The second-order valence-corrected chi connectivity index (χ2v) is 9.79. The van der Waals surface area contributed by atoms with Crippen LogP contribution in [0, 0.1) is 5.92 Å². The van der Waals surface area contributed by atoms with Gasteiger partial charge in [-0.1, -0.05) is 44.5 Å². The Balaban J connectivity index is 1.92. The van der Waals surface area contributed by atoms with Gasteiger partial charge in [-0.05, 0) is 61.6 Å². The van der Waals surface area contributed by atoms with Crippen LogP contribution in [0.25, 0.3) is 16.7 Å². The molecule has 4 aromatic rings. The zero-order chi connectivity index (χ0) is 25.3. The molecule has 0 saturated carbocycles. The molecule has 0 aliphatic rings. The van der Waals surface area contributed by atoms with Gasteiger partial charge in [-0.25, -0.2) is 13.9 Å². The molecule has 0 aliphatic heterocycles. The van der Waals surface area contributed by atoms with Gasteiger partial charge in [-0.15, -0.1) is 5.10 Å². The summed E-state index contributed by atoms with van der Waals surface area (Å²) in [4.78, 5) is 39.8. The Hall–Kier alpha value is -3.39. The molecule has 0 radical (unpaired) electrons. The molecule has 0 bridgehead atoms. The summed E-state index contributed by atoms with van der Waals surface area (Å²) in [6.07, 6.45) is 1.55. The number of halogens is 1. The van der Waals surface area contributed by atoms with Gasteiger partial charge in [0.15, 0.2) is 0 Å². The molecular formula is C26H30ClN5O3. The third-order valence-corrected chi connectivity index (χ3v) is 6.46. The van der Waals surface area contributed by atoms with Gasteiger partial charge in [0.1, 0.15) is 0 Å². The topological polar surface area (TPSA) is 90.4 Å². The highest BCUT2D eigenvalue weighted by molar-refractivity contribution is 6.30. The van der Waals surface area contributed by atoms with Crippen LogP contribution in [0.3, 0.4) is 0 Å². The van der Waals surface area contributed by atoms with Gasteiger partial charge in [0.2, 0.25) is 5.78 Å². The van der Waals surface area contributed by atoms with E-state index in [9.17, 15) is 14.4 Å². The average Bonchev–Trinajstić information content (AvgIpc) is 3.15. The number of hydrogen-bond donors (Lipinski definition) is 1. The smallest absolute Gasteiger partial charge is 0.350 e. The molecule has 4 rings (SSSR count). The highest BCUT2D eigenvalue weighted by Gasteiger charge is 2.19. The third kappa shape index (κ3) is 5.03. The summed E-state index contributed by atoms with van der Waals surface area (Å²) in [5.41, 5.74) is 1.00. The molecule has 8 nitrogen and oxygen atoms in total. The Kier molecular flexibility index (Phi) is 7.12. The highest BCUT2D eigenvalue weighted by Crippen LogP contribution is 2.16. The van der Waals surface area contributed by atoms with Gasteiger partial charge >= 0.3 is 5.69 Å². The van der Waals surface area contributed by atoms with Crippen LogP contribution in [0.4, 0.5) is 0 Å². The monoisotopic (exact) mass is 495 g/mol. The van der Waals surface area contributed by atoms with E-state index in [-0.39, 0.29) is 35.5 Å². The first-order valence-electron chi connectivity index (χ1n) is 11.9. The van der Waals surface area contributed by atoms with Crippen molar-refractivity contribution in [3.8, 4) is 0 Å². The standard InChI is InChI=1S/C26H30ClN5O3/c1-5-17(4)28-23(33)19-8-11-21-22(14-19)32-25(30(24(21)34)13-12-16(2)3)29-31(26(32)35)15-18-6-9-20(27)10-7-18/h6-11,14,16-17H,5,12-13,15H2,1-4H3,(H,28,33)/t17-/m0/s1. The Morgan fingerprint density at radius 2 is 1.80 bits per heavy atom. The van der Waals surface area contributed by atoms with E-state index >= 15 is 0 Å². The Morgan fingerprint density at radius 3 is 2.46 bits per heavy atom. The van der Waals surface area contributed by atoms with Crippen molar-refractivity contribution in [2.24, 2.45) is 5.92 Å². The Bertz CT molecular complexity index is 1500. The molecule has 0 fully saturated rings. The van der Waals surface area contributed by atoms with E-state index in [0.717, 1.165) is 18.4 Å². The molecule has 1 amide bonds. The molecule has 184 valence electrons. The van der Waals surface area contributed by atoms with Crippen LogP contribution in [-0.4, -0.2) is 30.7 Å². The van der Waals surface area contributed by atoms with Crippen molar-refractivity contribution in [1.82, 2.24) is 24.1 Å². The van der Waals surface area contributed by atoms with Crippen LogP contribution in [0.5, 0.6) is 0 Å². The van der Waals surface area contributed by atoms with E-state index in [1.807, 2.05) is 26.0 Å². The van der Waals surface area contributed by atoms with Gasteiger partial charge in [0.25, 0.3) is 11.5 Å². The number of nitrogens with zero attached hydrogens (tertiary/aromatic N) is 4. The minimum absolute atomic E-state index is 0.00657. The summed E-state index contributed by atoms with van der Waals surface area (Å²) in [6.45, 7) is 8.74. The van der Waals surface area contributed by atoms with Crippen LogP contribution < -0.4 is 16.6 Å². The number of nitrogens with one attached hydrogen (secondary N) is 1. The first-order chi connectivity index (χ1) is 16.7. The number of amides is 1. The number of carbonyl (C=O) groups excluding carboxylic acids is 1. The predicted octanol–water partition coefficient (Wildman–Crippen LogP) is 4.09. The number of aryl methyl sites for hydroxylation is 1. The van der Waals surface area contributed by atoms with Crippen LogP contribution in [0.1, 0.15) is 56.5 Å². The maximum absolute atomic E-state index is 13.5. The number of benzene rings is 2. The fourth-order valence-electron chi connectivity index (χ4n) is 3.92. The van der Waals surface area contributed by atoms with E-state index in [1.54, 1.807) is 34.9 Å². The van der Waals surface area contributed by atoms with E-state index in [1.165, 1.54) is 9.08 Å². The van der Waals surface area contributed by atoms with Gasteiger partial charge in [-0.2, -0.15) is 0 Å². The lowest BCUT2D eigenvalue weighted by Crippen LogP contribution is -2.32. The van der Waals surface area contributed by atoms with Crippen LogP contribution in [0.2, 0.25) is 5.02 Å². The van der Waals surface area contributed by atoms with E-state index in [0.29, 0.717) is 34.0 Å². The first-order valence-corrected chi connectivity index (χ1v) is 12.3. The normalized spacial score (nSPS) is 12.5. The minimum atomic E-state index is -0.377. The third-order valence-electron chi connectivity index (χ3n) is 6.21. The number of fused-ring (bicyclic) bond motifs is 3. The molecule has 2 aromatic carbocycles. The zero-order valence-corrected chi connectivity index (χ0v) is 21.2. The summed E-state index contributed by atoms with van der Waals surface area (Å²) < 4.78 is 4.34. The number of hydrogen-bond acceptors (Lipinski definition) is 4. The van der Waals surface area contributed by atoms with Crippen molar-refractivity contribution < 1.29 is 4.79 Å². The molecule has 2 heterocycles. The number of carbonyl (C=O) groups is 1. The van der Waals surface area contributed by atoms with E-state index in [2.05, 4.69) is 24.3 Å². The van der Waals surface area contributed by atoms with Crippen molar-refractivity contribution in [2.75, 3.05) is 0 Å². The fraction of sp³-hybridized carbons (Fsp3) is 0.385. The summed E-state index contributed by atoms with van der Waals surface area (Å²) in [5, 5.41) is 8.46. The SMILES string of the molecule is CC[C@H](C)NC(=O)c1ccc2c(=O)n(CCC(C)C)c3nn(Cc4ccc(Cl)cc4)c(=O)n3c2c1. The van der Waals surface area contributed by atoms with E-state index in [4.69, 9.17) is 11.6 Å². The summed E-state index contributed by atoms with van der Waals surface area (Å²) in [7, 11) is 0. The van der Waals surface area contributed by atoms with Crippen molar-refractivity contribution in [2.45, 2.75) is 59.7 Å². The van der Waals surface area contributed by atoms with Gasteiger partial charge < -0.3 is 5.32 Å². The molecule has 0 spiro atoms. The lowest BCUT2D eigenvalue weighted by molar-refractivity contribution is 0.0939. The number of aromatic nitrogens is 4. The van der Waals surface area contributed by atoms with E-state index < -0.39 is 0 Å². The summed E-state index contributed by atoms with van der Waals surface area (Å²) in [5.74, 6) is 0.383. The predicted molar refractivity (Wildman–Crippen MR) is 138 cm³/mol. The largest absolute Gasteiger partial charge is 0.352 e. The van der Waals surface area contributed by atoms with Gasteiger partial charge in [-0.3, -0.25) is 14.2 Å². The van der Waals surface area contributed by atoms with Crippen molar-refractivity contribution in [3.05, 3.63) is 79.5 Å². The molecule has 35 heavy (non-hydrogen) atoms. The average molecular weight is 496 g/mol. The second kappa shape index (κ2) is 10.1. The molecular weight excluding hydrogens is 466 g/mol. The van der Waals surface area contributed by atoms with Crippen molar-refractivity contribution in [3.63, 3.8) is 0 Å². The zero-order valence-electron chi connectivity index (χ0n) is 20.4. The molecule has 0 saturated heterocycles. The Morgan fingerprint density at radius 1 is 1.09 bits per heavy atom. The van der Waals surface area contributed by atoms with Crippen LogP contribution in [0.15, 0.2) is 52.1 Å². The van der Waals surface area contributed by atoms with Gasteiger partial charge in [0.05, 0.1) is 17.4 Å². The summed E-state index contributed by atoms with van der Waals surface area (Å²) in [6, 6.07) is 12.0. The lowest BCUT2D eigenvalue weighted by atomic mass is 10.1. The number of rotatable bonds is 8. The summed E-state index contributed by atoms with van der Waals surface area (Å²) >= 11 is 6.00. The molecule has 1 N–H and O–H groups in total. The Labute approximate surface area is 208 Å². The first kappa shape index (κ1) is 24.7.